The van der Waals surface area contributed by atoms with Crippen LogP contribution in [0.5, 0.6) is 0 Å². The van der Waals surface area contributed by atoms with Crippen LogP contribution in [0.4, 0.5) is 0 Å². The highest BCUT2D eigenvalue weighted by Gasteiger charge is 2.42. The number of fused-ring (bicyclic) bond motifs is 1. The Balaban J connectivity index is 1.63. The van der Waals surface area contributed by atoms with Crippen LogP contribution in [-0.4, -0.2) is 45.8 Å². The first-order valence-electron chi connectivity index (χ1n) is 9.48. The Kier molecular flexibility index (Phi) is 5.88. The molecule has 0 saturated heterocycles. The average molecular weight is 372 g/mol. The predicted octanol–water partition coefficient (Wildman–Crippen LogP) is 2.35. The molecule has 0 radical (unpaired) electrons. The van der Waals surface area contributed by atoms with E-state index < -0.39 is 23.8 Å². The van der Waals surface area contributed by atoms with Gasteiger partial charge in [0.25, 0.3) is 11.8 Å². The topological polar surface area (TPSA) is 104 Å². The number of carbonyl (C=O) groups excluding carboxylic acids is 3. The van der Waals surface area contributed by atoms with Gasteiger partial charge in [-0.2, -0.15) is 0 Å². The van der Waals surface area contributed by atoms with E-state index in [1.165, 1.54) is 25.0 Å². The first-order chi connectivity index (χ1) is 13.0. The number of imide groups is 1. The van der Waals surface area contributed by atoms with Gasteiger partial charge in [-0.3, -0.25) is 19.3 Å². The maximum atomic E-state index is 12.5. The van der Waals surface area contributed by atoms with Gasteiger partial charge >= 0.3 is 5.97 Å². The third kappa shape index (κ3) is 4.18. The Morgan fingerprint density at radius 1 is 1.04 bits per heavy atom. The first-order valence-corrected chi connectivity index (χ1v) is 9.48. The number of aliphatic carboxylic acids is 1. The maximum Gasteiger partial charge on any atom is 0.326 e. The molecule has 1 aromatic rings. The monoisotopic (exact) mass is 372 g/mol. The molecule has 3 rings (SSSR count). The molecule has 27 heavy (non-hydrogen) atoms. The van der Waals surface area contributed by atoms with Crippen LogP contribution in [0.2, 0.25) is 0 Å². The third-order valence-corrected chi connectivity index (χ3v) is 5.29. The van der Waals surface area contributed by atoms with Gasteiger partial charge < -0.3 is 10.4 Å². The average Bonchev–Trinajstić information content (AvgIpc) is 2.82. The van der Waals surface area contributed by atoms with E-state index in [9.17, 15) is 24.3 Å². The van der Waals surface area contributed by atoms with E-state index in [4.69, 9.17) is 0 Å². The van der Waals surface area contributed by atoms with Gasteiger partial charge in [0.15, 0.2) is 0 Å². The summed E-state index contributed by atoms with van der Waals surface area (Å²) in [6.07, 6.45) is 6.25. The largest absolute Gasteiger partial charge is 0.480 e. The molecule has 1 aliphatic heterocycles. The van der Waals surface area contributed by atoms with Crippen LogP contribution in [0.15, 0.2) is 24.3 Å². The molecule has 3 amide bonds. The summed E-state index contributed by atoms with van der Waals surface area (Å²) < 4.78 is 0. The van der Waals surface area contributed by atoms with Crippen LogP contribution in [0, 0.1) is 0 Å². The summed E-state index contributed by atoms with van der Waals surface area (Å²) in [6, 6.07) is 5.05. The van der Waals surface area contributed by atoms with Crippen molar-refractivity contribution >= 4 is 23.7 Å². The minimum atomic E-state index is -1.35. The highest BCUT2D eigenvalue weighted by atomic mass is 16.4. The second-order valence-corrected chi connectivity index (χ2v) is 7.17. The van der Waals surface area contributed by atoms with Crippen LogP contribution in [0.25, 0.3) is 0 Å². The summed E-state index contributed by atoms with van der Waals surface area (Å²) >= 11 is 0. The van der Waals surface area contributed by atoms with Crippen LogP contribution in [0.1, 0.15) is 72.1 Å². The van der Waals surface area contributed by atoms with Crippen molar-refractivity contribution in [3.63, 3.8) is 0 Å². The molecule has 1 heterocycles. The zero-order chi connectivity index (χ0) is 19.4. The van der Waals surface area contributed by atoms with E-state index >= 15 is 0 Å². The molecule has 7 heteroatoms. The fourth-order valence-electron chi connectivity index (χ4n) is 3.85. The number of hydrogen-bond donors (Lipinski definition) is 2. The molecule has 2 aliphatic rings. The van der Waals surface area contributed by atoms with Crippen molar-refractivity contribution < 1.29 is 24.3 Å². The molecule has 1 aliphatic carbocycles. The first kappa shape index (κ1) is 19.1. The number of nitrogens with zero attached hydrogens (tertiary/aromatic N) is 1. The lowest BCUT2D eigenvalue weighted by Crippen LogP contribution is -2.45. The minimum Gasteiger partial charge on any atom is -0.480 e. The number of nitrogens with one attached hydrogen (secondary N) is 1. The lowest BCUT2D eigenvalue weighted by atomic mass is 10.1. The number of hydrogen-bond acceptors (Lipinski definition) is 4. The molecule has 1 fully saturated rings. The fraction of sp³-hybridized carbons (Fsp3) is 0.500. The van der Waals surface area contributed by atoms with Crippen LogP contribution >= 0.6 is 0 Å². The second-order valence-electron chi connectivity index (χ2n) is 7.17. The smallest absolute Gasteiger partial charge is 0.326 e. The number of amides is 3. The van der Waals surface area contributed by atoms with Crippen molar-refractivity contribution in [3.8, 4) is 0 Å². The van der Waals surface area contributed by atoms with Crippen molar-refractivity contribution in [2.75, 3.05) is 0 Å². The summed E-state index contributed by atoms with van der Waals surface area (Å²) in [5.41, 5.74) is 0.410. The van der Waals surface area contributed by atoms with Gasteiger partial charge in [0.05, 0.1) is 11.1 Å². The molecular formula is C20H24N2O5. The second kappa shape index (κ2) is 8.33. The number of carboxylic acid groups (broad SMARTS) is 1. The van der Waals surface area contributed by atoms with Crippen LogP contribution in [-0.2, 0) is 9.59 Å². The van der Waals surface area contributed by atoms with E-state index in [2.05, 4.69) is 5.32 Å². The van der Waals surface area contributed by atoms with Gasteiger partial charge in [0, 0.05) is 12.5 Å². The Labute approximate surface area is 157 Å². The Morgan fingerprint density at radius 3 is 2.11 bits per heavy atom. The highest BCUT2D eigenvalue weighted by molar-refractivity contribution is 6.22. The fourth-order valence-corrected chi connectivity index (χ4v) is 3.85. The molecule has 1 aromatic carbocycles. The summed E-state index contributed by atoms with van der Waals surface area (Å²) in [7, 11) is 0. The molecule has 1 saturated carbocycles. The summed E-state index contributed by atoms with van der Waals surface area (Å²) in [4.78, 5) is 49.7. The van der Waals surface area contributed by atoms with Crippen molar-refractivity contribution in [1.82, 2.24) is 10.2 Å². The number of carboxylic acids is 1. The molecule has 1 atom stereocenters. The van der Waals surface area contributed by atoms with Gasteiger partial charge in [0.2, 0.25) is 5.91 Å². The molecular weight excluding hydrogens is 348 g/mol. The van der Waals surface area contributed by atoms with Crippen molar-refractivity contribution in [1.29, 1.82) is 0 Å². The minimum absolute atomic E-state index is 0.0408. The quantitative estimate of drug-likeness (QED) is 0.589. The molecule has 0 spiro atoms. The Hall–Kier alpha value is -2.70. The maximum absolute atomic E-state index is 12.5. The standard InChI is InChI=1S/C20H24N2O5/c23-17(21-13-7-3-1-2-4-8-13)12-11-16(20(26)27)22-18(24)14-9-5-6-10-15(14)19(22)25/h5-6,9-10,13,16H,1-4,7-8,11-12H2,(H,21,23)(H,26,27)/t16-/m1/s1. The number of benzene rings is 1. The molecule has 0 unspecified atom stereocenters. The lowest BCUT2D eigenvalue weighted by Gasteiger charge is -2.23. The van der Waals surface area contributed by atoms with Gasteiger partial charge in [-0.25, -0.2) is 4.79 Å². The van der Waals surface area contributed by atoms with E-state index in [-0.39, 0.29) is 35.9 Å². The van der Waals surface area contributed by atoms with Crippen molar-refractivity contribution in [2.45, 2.75) is 63.5 Å². The van der Waals surface area contributed by atoms with E-state index in [1.807, 2.05) is 0 Å². The van der Waals surface area contributed by atoms with Gasteiger partial charge in [-0.05, 0) is 31.4 Å². The van der Waals surface area contributed by atoms with Crippen molar-refractivity contribution in [3.05, 3.63) is 35.4 Å². The van der Waals surface area contributed by atoms with Gasteiger partial charge in [-0.15, -0.1) is 0 Å². The summed E-state index contributed by atoms with van der Waals surface area (Å²) in [5, 5.41) is 12.5. The summed E-state index contributed by atoms with van der Waals surface area (Å²) in [5.74, 6) is -2.75. The molecule has 7 nitrogen and oxygen atoms in total. The van der Waals surface area contributed by atoms with Gasteiger partial charge in [-0.1, -0.05) is 37.8 Å². The molecule has 144 valence electrons. The molecule has 2 N–H and O–H groups in total. The lowest BCUT2D eigenvalue weighted by molar-refractivity contribution is -0.142. The number of rotatable bonds is 6. The van der Waals surface area contributed by atoms with Gasteiger partial charge in [0.1, 0.15) is 6.04 Å². The van der Waals surface area contributed by atoms with E-state index in [0.717, 1.165) is 30.6 Å². The van der Waals surface area contributed by atoms with E-state index in [0.29, 0.717) is 0 Å². The zero-order valence-electron chi connectivity index (χ0n) is 15.1. The Bertz CT molecular complexity index is 717. The SMILES string of the molecule is O=C(CC[C@H](C(=O)O)N1C(=O)c2ccccc2C1=O)NC1CCCCCC1. The normalized spacial score (nSPS) is 18.7. The number of carbonyl (C=O) groups is 4. The highest BCUT2D eigenvalue weighted by Crippen LogP contribution is 2.26. The summed E-state index contributed by atoms with van der Waals surface area (Å²) in [6.45, 7) is 0. The molecule has 0 bridgehead atoms. The van der Waals surface area contributed by atoms with Crippen LogP contribution in [0.3, 0.4) is 0 Å². The Morgan fingerprint density at radius 2 is 1.59 bits per heavy atom. The van der Waals surface area contributed by atoms with E-state index in [1.54, 1.807) is 12.1 Å². The predicted molar refractivity (Wildman–Crippen MR) is 97.2 cm³/mol. The van der Waals surface area contributed by atoms with Crippen LogP contribution < -0.4 is 5.32 Å². The molecule has 0 aromatic heterocycles. The van der Waals surface area contributed by atoms with Crippen molar-refractivity contribution in [2.24, 2.45) is 0 Å². The third-order valence-electron chi connectivity index (χ3n) is 5.29. The zero-order valence-corrected chi connectivity index (χ0v) is 15.1.